The standard InChI is InChI=1S/C27H29Cl2N5O3/c1-35-24-9-23(20(28)7-21(24)29)33-27-16(10-30)13-32-22-8-26(25(36-2)6-19(22)27)37-5-3-4-34-14-17-11-31-12-18(17)15-34/h6-9,13,17-18,31H,3-5,11-12,14-15H2,1-2H3,(H,32,33)/t17-,18+. The van der Waals surface area contributed by atoms with Crippen LogP contribution in [0.3, 0.4) is 0 Å². The number of nitrogens with zero attached hydrogens (tertiary/aromatic N) is 3. The third-order valence-corrected chi connectivity index (χ3v) is 7.72. The molecule has 1 aromatic heterocycles. The Balaban J connectivity index is 1.35. The number of aromatic nitrogens is 1. The number of hydrogen-bond donors (Lipinski definition) is 2. The molecular weight excluding hydrogens is 513 g/mol. The average Bonchev–Trinajstić information content (AvgIpc) is 3.50. The lowest BCUT2D eigenvalue weighted by atomic mass is 10.0. The summed E-state index contributed by atoms with van der Waals surface area (Å²) in [6.45, 7) is 6.21. The van der Waals surface area contributed by atoms with E-state index in [2.05, 4.69) is 26.6 Å². The van der Waals surface area contributed by atoms with E-state index in [-0.39, 0.29) is 0 Å². The van der Waals surface area contributed by atoms with Crippen molar-refractivity contribution in [3.05, 3.63) is 46.1 Å². The third kappa shape index (κ3) is 5.36. The fraction of sp³-hybridized carbons (Fsp3) is 0.407. The molecule has 2 saturated heterocycles. The molecule has 5 rings (SSSR count). The molecular formula is C27H29Cl2N5O3. The SMILES string of the molecule is COc1cc(Nc2c(C#N)cnc3cc(OCCCN4C[C@H]5CNC[C@H]5C4)c(OC)cc23)c(Cl)cc1Cl. The van der Waals surface area contributed by atoms with E-state index in [9.17, 15) is 5.26 Å². The number of fused-ring (bicyclic) bond motifs is 2. The van der Waals surface area contributed by atoms with Gasteiger partial charge in [0.25, 0.3) is 0 Å². The average molecular weight is 542 g/mol. The topological polar surface area (TPSA) is 91.7 Å². The molecule has 0 bridgehead atoms. The predicted molar refractivity (Wildman–Crippen MR) is 146 cm³/mol. The van der Waals surface area contributed by atoms with E-state index in [4.69, 9.17) is 37.4 Å². The van der Waals surface area contributed by atoms with Gasteiger partial charge >= 0.3 is 0 Å². The number of hydrogen-bond acceptors (Lipinski definition) is 8. The Kier molecular flexibility index (Phi) is 7.77. The summed E-state index contributed by atoms with van der Waals surface area (Å²) >= 11 is 12.6. The lowest BCUT2D eigenvalue weighted by molar-refractivity contribution is 0.247. The molecule has 0 unspecified atom stereocenters. The maximum Gasteiger partial charge on any atom is 0.163 e. The first-order valence-corrected chi connectivity index (χ1v) is 13.0. The van der Waals surface area contributed by atoms with Gasteiger partial charge in [-0.2, -0.15) is 5.26 Å². The molecule has 2 aliphatic rings. The first-order chi connectivity index (χ1) is 18.0. The second-order valence-corrected chi connectivity index (χ2v) is 10.2. The van der Waals surface area contributed by atoms with Crippen molar-refractivity contribution >= 4 is 45.5 Å². The third-order valence-electron chi connectivity index (χ3n) is 7.12. The second-order valence-electron chi connectivity index (χ2n) is 9.41. The van der Waals surface area contributed by atoms with Gasteiger partial charge in [-0.1, -0.05) is 23.2 Å². The Hall–Kier alpha value is -2.96. The number of anilines is 2. The molecule has 2 N–H and O–H groups in total. The van der Waals surface area contributed by atoms with Gasteiger partial charge < -0.3 is 29.7 Å². The van der Waals surface area contributed by atoms with Crippen LogP contribution in [0.4, 0.5) is 11.4 Å². The Labute approximate surface area is 226 Å². The fourth-order valence-corrected chi connectivity index (χ4v) is 5.72. The monoisotopic (exact) mass is 541 g/mol. The Morgan fingerprint density at radius 1 is 1.05 bits per heavy atom. The van der Waals surface area contributed by atoms with E-state index < -0.39 is 0 Å². The zero-order valence-corrected chi connectivity index (χ0v) is 22.3. The number of rotatable bonds is 9. The van der Waals surface area contributed by atoms with Crippen LogP contribution in [0, 0.1) is 23.2 Å². The molecule has 0 aliphatic carbocycles. The molecule has 0 spiro atoms. The number of ether oxygens (including phenoxy) is 3. The van der Waals surface area contributed by atoms with Gasteiger partial charge in [-0.15, -0.1) is 0 Å². The molecule has 10 heteroatoms. The summed E-state index contributed by atoms with van der Waals surface area (Å²) in [6.07, 6.45) is 2.46. The van der Waals surface area contributed by atoms with Gasteiger partial charge in [0.1, 0.15) is 11.8 Å². The van der Waals surface area contributed by atoms with Crippen LogP contribution in [0.25, 0.3) is 10.9 Å². The lowest BCUT2D eigenvalue weighted by Gasteiger charge is -2.18. The summed E-state index contributed by atoms with van der Waals surface area (Å²) in [7, 11) is 3.13. The maximum absolute atomic E-state index is 9.76. The van der Waals surface area contributed by atoms with Crippen molar-refractivity contribution in [1.82, 2.24) is 15.2 Å². The Bertz CT molecular complexity index is 1330. The van der Waals surface area contributed by atoms with E-state index in [0.29, 0.717) is 61.7 Å². The van der Waals surface area contributed by atoms with Crippen molar-refractivity contribution in [2.75, 3.05) is 58.9 Å². The van der Waals surface area contributed by atoms with Crippen molar-refractivity contribution in [2.24, 2.45) is 11.8 Å². The number of nitriles is 1. The van der Waals surface area contributed by atoms with Crippen LogP contribution in [-0.2, 0) is 0 Å². The summed E-state index contributed by atoms with van der Waals surface area (Å²) in [4.78, 5) is 7.03. The number of likely N-dealkylation sites (tertiary alicyclic amines) is 1. The molecule has 2 aliphatic heterocycles. The van der Waals surface area contributed by atoms with Crippen molar-refractivity contribution in [2.45, 2.75) is 6.42 Å². The molecule has 3 aromatic rings. The highest BCUT2D eigenvalue weighted by molar-refractivity contribution is 6.37. The van der Waals surface area contributed by atoms with Gasteiger partial charge in [0.05, 0.1) is 53.3 Å². The van der Waals surface area contributed by atoms with Crippen LogP contribution >= 0.6 is 23.2 Å². The molecule has 0 saturated carbocycles. The lowest BCUT2D eigenvalue weighted by Crippen LogP contribution is -2.27. The summed E-state index contributed by atoms with van der Waals surface area (Å²) in [5.41, 5.74) is 2.12. The van der Waals surface area contributed by atoms with Gasteiger partial charge in [0.2, 0.25) is 0 Å². The minimum Gasteiger partial charge on any atom is -0.495 e. The fourth-order valence-electron chi connectivity index (χ4n) is 5.21. The highest BCUT2D eigenvalue weighted by Crippen LogP contribution is 2.40. The van der Waals surface area contributed by atoms with Crippen LogP contribution < -0.4 is 24.8 Å². The maximum atomic E-state index is 9.76. The van der Waals surface area contributed by atoms with Gasteiger partial charge in [0.15, 0.2) is 11.5 Å². The zero-order valence-electron chi connectivity index (χ0n) is 20.8. The molecule has 2 fully saturated rings. The minimum absolute atomic E-state index is 0.360. The second kappa shape index (κ2) is 11.2. The number of methoxy groups -OCH3 is 2. The van der Waals surface area contributed by atoms with Crippen LogP contribution in [0.5, 0.6) is 17.2 Å². The molecule has 2 aromatic carbocycles. The summed E-state index contributed by atoms with van der Waals surface area (Å²) < 4.78 is 17.1. The van der Waals surface area contributed by atoms with Gasteiger partial charge in [-0.25, -0.2) is 0 Å². The molecule has 8 nitrogen and oxygen atoms in total. The summed E-state index contributed by atoms with van der Waals surface area (Å²) in [5.74, 6) is 3.23. The number of halogens is 2. The highest BCUT2D eigenvalue weighted by atomic mass is 35.5. The molecule has 37 heavy (non-hydrogen) atoms. The largest absolute Gasteiger partial charge is 0.495 e. The quantitative estimate of drug-likeness (QED) is 0.361. The molecule has 3 heterocycles. The van der Waals surface area contributed by atoms with E-state index in [1.165, 1.54) is 26.4 Å². The summed E-state index contributed by atoms with van der Waals surface area (Å²) in [6, 6.07) is 9.16. The Morgan fingerprint density at radius 2 is 1.81 bits per heavy atom. The van der Waals surface area contributed by atoms with Gasteiger partial charge in [0, 0.05) is 43.4 Å². The normalized spacial score (nSPS) is 19.0. The number of benzene rings is 2. The smallest absolute Gasteiger partial charge is 0.163 e. The first kappa shape index (κ1) is 25.7. The van der Waals surface area contributed by atoms with Gasteiger partial charge in [-0.3, -0.25) is 4.98 Å². The van der Waals surface area contributed by atoms with Crippen LogP contribution in [-0.4, -0.2) is 63.4 Å². The van der Waals surface area contributed by atoms with Crippen LogP contribution in [0.2, 0.25) is 10.0 Å². The van der Waals surface area contributed by atoms with Crippen molar-refractivity contribution in [3.8, 4) is 23.3 Å². The Morgan fingerprint density at radius 3 is 2.51 bits per heavy atom. The number of nitrogens with one attached hydrogen (secondary N) is 2. The molecule has 2 atom stereocenters. The van der Waals surface area contributed by atoms with E-state index in [0.717, 1.165) is 37.9 Å². The predicted octanol–water partition coefficient (Wildman–Crippen LogP) is 5.09. The minimum atomic E-state index is 0.360. The molecule has 0 radical (unpaired) electrons. The summed E-state index contributed by atoms with van der Waals surface area (Å²) in [5, 5.41) is 18.0. The van der Waals surface area contributed by atoms with E-state index in [1.54, 1.807) is 19.2 Å². The number of pyridine rings is 1. The van der Waals surface area contributed by atoms with Crippen molar-refractivity contribution in [1.29, 1.82) is 5.26 Å². The molecule has 0 amide bonds. The first-order valence-electron chi connectivity index (χ1n) is 12.3. The van der Waals surface area contributed by atoms with Crippen LogP contribution in [0.1, 0.15) is 12.0 Å². The zero-order chi connectivity index (χ0) is 25.9. The van der Waals surface area contributed by atoms with Crippen LogP contribution in [0.15, 0.2) is 30.5 Å². The highest BCUT2D eigenvalue weighted by Gasteiger charge is 2.35. The van der Waals surface area contributed by atoms with Gasteiger partial charge in [-0.05, 0) is 43.5 Å². The molecule has 194 valence electrons. The van der Waals surface area contributed by atoms with Crippen molar-refractivity contribution < 1.29 is 14.2 Å². The van der Waals surface area contributed by atoms with Crippen molar-refractivity contribution in [3.63, 3.8) is 0 Å². The van der Waals surface area contributed by atoms with E-state index >= 15 is 0 Å². The van der Waals surface area contributed by atoms with E-state index in [1.807, 2.05) is 12.1 Å².